The Morgan fingerprint density at radius 1 is 0.905 bits per heavy atom. The summed E-state index contributed by atoms with van der Waals surface area (Å²) >= 11 is 17.5. The molecule has 0 aliphatic heterocycles. The van der Waals surface area contributed by atoms with E-state index in [1.54, 1.807) is 0 Å². The average Bonchev–Trinajstić information content (AvgIpc) is 2.37. The Kier molecular flexibility index (Phi) is 4.46. The summed E-state index contributed by atoms with van der Waals surface area (Å²) in [6.07, 6.45) is -4.58. The quantitative estimate of drug-likeness (QED) is 0.526. The van der Waals surface area contributed by atoms with Crippen LogP contribution in [0.4, 0.5) is 18.9 Å². The third-order valence-corrected chi connectivity index (χ3v) is 3.55. The molecule has 2 N–H and O–H groups in total. The zero-order chi connectivity index (χ0) is 15.8. The Hall–Kier alpha value is -1.30. The smallest absolute Gasteiger partial charge is 0.418 e. The van der Waals surface area contributed by atoms with Gasteiger partial charge in [0.2, 0.25) is 0 Å². The third-order valence-electron chi connectivity index (χ3n) is 2.53. The second kappa shape index (κ2) is 5.83. The Morgan fingerprint density at radius 3 is 2.14 bits per heavy atom. The Morgan fingerprint density at radius 2 is 1.52 bits per heavy atom. The van der Waals surface area contributed by atoms with Crippen LogP contribution >= 0.6 is 34.8 Å². The van der Waals surface area contributed by atoms with E-state index in [4.69, 9.17) is 45.3 Å². The average molecular weight is 357 g/mol. The van der Waals surface area contributed by atoms with Crippen LogP contribution in [0.2, 0.25) is 15.1 Å². The first-order valence-corrected chi connectivity index (χ1v) is 6.61. The van der Waals surface area contributed by atoms with E-state index < -0.39 is 17.4 Å². The van der Waals surface area contributed by atoms with E-state index in [0.717, 1.165) is 12.1 Å². The molecule has 2 aromatic rings. The molecule has 112 valence electrons. The second-order valence-electron chi connectivity index (χ2n) is 4.05. The molecule has 0 aliphatic carbocycles. The van der Waals surface area contributed by atoms with E-state index in [0.29, 0.717) is 0 Å². The first kappa shape index (κ1) is 16.1. The molecule has 0 aromatic heterocycles. The third kappa shape index (κ3) is 3.67. The molecule has 0 aliphatic rings. The van der Waals surface area contributed by atoms with E-state index in [1.165, 1.54) is 18.2 Å². The van der Waals surface area contributed by atoms with Crippen molar-refractivity contribution < 1.29 is 17.9 Å². The molecule has 0 fully saturated rings. The minimum Gasteiger partial charge on any atom is -0.456 e. The van der Waals surface area contributed by atoms with Crippen molar-refractivity contribution in [3.63, 3.8) is 0 Å². The van der Waals surface area contributed by atoms with Crippen molar-refractivity contribution in [2.75, 3.05) is 5.73 Å². The molecular weight excluding hydrogens is 350 g/mol. The van der Waals surface area contributed by atoms with Gasteiger partial charge in [0.15, 0.2) is 0 Å². The maximum atomic E-state index is 12.8. The van der Waals surface area contributed by atoms with E-state index in [2.05, 4.69) is 0 Å². The lowest BCUT2D eigenvalue weighted by atomic mass is 10.1. The summed E-state index contributed by atoms with van der Waals surface area (Å²) in [4.78, 5) is 0. The number of hydrogen-bond acceptors (Lipinski definition) is 2. The highest BCUT2D eigenvalue weighted by molar-refractivity contribution is 6.43. The van der Waals surface area contributed by atoms with Crippen molar-refractivity contribution >= 4 is 40.5 Å². The van der Waals surface area contributed by atoms with Crippen molar-refractivity contribution in [3.8, 4) is 11.5 Å². The van der Waals surface area contributed by atoms with Crippen molar-refractivity contribution in [3.05, 3.63) is 51.0 Å². The summed E-state index contributed by atoms with van der Waals surface area (Å²) in [6, 6.07) is 5.83. The summed E-state index contributed by atoms with van der Waals surface area (Å²) in [7, 11) is 0. The van der Waals surface area contributed by atoms with Crippen molar-refractivity contribution in [2.24, 2.45) is 0 Å². The monoisotopic (exact) mass is 355 g/mol. The van der Waals surface area contributed by atoms with E-state index >= 15 is 0 Å². The molecule has 0 saturated carbocycles. The summed E-state index contributed by atoms with van der Waals surface area (Å²) in [5, 5.41) is 0.500. The standard InChI is InChI=1S/C13H7Cl3F3NO/c14-8-4-10(16)12(5-9(8)15)21-6-1-2-11(20)7(3-6)13(17,18)19/h1-5H,20H2. The molecule has 0 saturated heterocycles. The minimum absolute atomic E-state index is 0.0724. The molecule has 2 rings (SSSR count). The first-order chi connectivity index (χ1) is 9.68. The van der Waals surface area contributed by atoms with E-state index in [9.17, 15) is 13.2 Å². The SMILES string of the molecule is Nc1ccc(Oc2cc(Cl)c(Cl)cc2Cl)cc1C(F)(F)F. The number of anilines is 1. The number of halogens is 6. The Bertz CT molecular complexity index is 689. The van der Waals surface area contributed by atoms with Gasteiger partial charge in [0.1, 0.15) is 11.5 Å². The van der Waals surface area contributed by atoms with Crippen molar-refractivity contribution in [2.45, 2.75) is 6.18 Å². The topological polar surface area (TPSA) is 35.2 Å². The molecule has 0 unspecified atom stereocenters. The molecule has 2 nitrogen and oxygen atoms in total. The summed E-state index contributed by atoms with van der Waals surface area (Å²) in [5.41, 5.74) is 3.92. The van der Waals surface area contributed by atoms with Crippen LogP contribution in [0.3, 0.4) is 0 Å². The van der Waals surface area contributed by atoms with Gasteiger partial charge in [0.25, 0.3) is 0 Å². The lowest BCUT2D eigenvalue weighted by Gasteiger charge is -2.13. The fourth-order valence-electron chi connectivity index (χ4n) is 1.55. The van der Waals surface area contributed by atoms with Gasteiger partial charge in [0.05, 0.1) is 20.6 Å². The molecule has 0 heterocycles. The van der Waals surface area contributed by atoms with Crippen LogP contribution in [-0.2, 0) is 6.18 Å². The predicted octanol–water partition coefficient (Wildman–Crippen LogP) is 6.04. The molecule has 0 amide bonds. The summed E-state index contributed by atoms with van der Waals surface area (Å²) in [5.74, 6) is 0.0146. The summed E-state index contributed by atoms with van der Waals surface area (Å²) < 4.78 is 43.6. The van der Waals surface area contributed by atoms with Gasteiger partial charge in [-0.05, 0) is 24.3 Å². The first-order valence-electron chi connectivity index (χ1n) is 5.47. The number of benzene rings is 2. The van der Waals surface area contributed by atoms with Gasteiger partial charge in [0, 0.05) is 11.8 Å². The van der Waals surface area contributed by atoms with Gasteiger partial charge >= 0.3 is 6.18 Å². The number of rotatable bonds is 2. The highest BCUT2D eigenvalue weighted by Gasteiger charge is 2.33. The second-order valence-corrected chi connectivity index (χ2v) is 5.27. The van der Waals surface area contributed by atoms with Gasteiger partial charge in [-0.15, -0.1) is 0 Å². The molecule has 8 heteroatoms. The highest BCUT2D eigenvalue weighted by atomic mass is 35.5. The molecule has 21 heavy (non-hydrogen) atoms. The maximum absolute atomic E-state index is 12.8. The zero-order valence-corrected chi connectivity index (χ0v) is 12.4. The van der Waals surface area contributed by atoms with Crippen LogP contribution < -0.4 is 10.5 Å². The van der Waals surface area contributed by atoms with Crippen molar-refractivity contribution in [1.82, 2.24) is 0 Å². The molecular formula is C13H7Cl3F3NO. The van der Waals surface area contributed by atoms with Gasteiger partial charge < -0.3 is 10.5 Å². The lowest BCUT2D eigenvalue weighted by molar-refractivity contribution is -0.137. The number of hydrogen-bond donors (Lipinski definition) is 1. The van der Waals surface area contributed by atoms with Crippen LogP contribution in [-0.4, -0.2) is 0 Å². The van der Waals surface area contributed by atoms with Crippen LogP contribution in [0.5, 0.6) is 11.5 Å². The predicted molar refractivity (Wildman–Crippen MR) is 77.4 cm³/mol. The zero-order valence-electron chi connectivity index (χ0n) is 10.1. The van der Waals surface area contributed by atoms with Gasteiger partial charge in [-0.25, -0.2) is 0 Å². The number of nitrogen functional groups attached to an aromatic ring is 1. The van der Waals surface area contributed by atoms with Gasteiger partial charge in [-0.2, -0.15) is 13.2 Å². The minimum atomic E-state index is -4.58. The molecule has 0 atom stereocenters. The van der Waals surface area contributed by atoms with Crippen LogP contribution in [0.1, 0.15) is 5.56 Å². The number of ether oxygens (including phenoxy) is 1. The highest BCUT2D eigenvalue weighted by Crippen LogP contribution is 2.39. The Labute approximate surface area is 133 Å². The largest absolute Gasteiger partial charge is 0.456 e. The molecule has 2 aromatic carbocycles. The molecule has 0 spiro atoms. The van der Waals surface area contributed by atoms with Crippen LogP contribution in [0.25, 0.3) is 0 Å². The van der Waals surface area contributed by atoms with Crippen molar-refractivity contribution in [1.29, 1.82) is 0 Å². The van der Waals surface area contributed by atoms with Gasteiger partial charge in [-0.3, -0.25) is 0 Å². The lowest BCUT2D eigenvalue weighted by Crippen LogP contribution is -2.08. The normalized spacial score (nSPS) is 11.5. The number of alkyl halides is 3. The Balaban J connectivity index is 2.39. The van der Waals surface area contributed by atoms with Crippen LogP contribution in [0.15, 0.2) is 30.3 Å². The van der Waals surface area contributed by atoms with Gasteiger partial charge in [-0.1, -0.05) is 34.8 Å². The molecule has 0 radical (unpaired) electrons. The fraction of sp³-hybridized carbons (Fsp3) is 0.0769. The maximum Gasteiger partial charge on any atom is 0.418 e. The fourth-order valence-corrected chi connectivity index (χ4v) is 2.13. The van der Waals surface area contributed by atoms with E-state index in [1.807, 2.05) is 0 Å². The molecule has 0 bridgehead atoms. The number of nitrogens with two attached hydrogens (primary N) is 1. The summed E-state index contributed by atoms with van der Waals surface area (Å²) in [6.45, 7) is 0. The van der Waals surface area contributed by atoms with E-state index in [-0.39, 0.29) is 26.6 Å². The van der Waals surface area contributed by atoms with Crippen LogP contribution in [0, 0.1) is 0 Å².